The number of aromatic nitrogens is 1. The van der Waals surface area contributed by atoms with Crippen molar-refractivity contribution in [2.24, 2.45) is 23.2 Å². The number of pyridine rings is 1. The molecule has 1 aromatic heterocycles. The summed E-state index contributed by atoms with van der Waals surface area (Å²) in [5, 5.41) is 23.2. The van der Waals surface area contributed by atoms with Gasteiger partial charge in [0.05, 0.1) is 11.8 Å². The van der Waals surface area contributed by atoms with Crippen LogP contribution in [0.3, 0.4) is 0 Å². The van der Waals surface area contributed by atoms with E-state index in [2.05, 4.69) is 10.3 Å². The van der Waals surface area contributed by atoms with Crippen molar-refractivity contribution in [3.63, 3.8) is 0 Å². The summed E-state index contributed by atoms with van der Waals surface area (Å²) in [6.07, 6.45) is 5.14. The molecule has 6 nitrogen and oxygen atoms in total. The van der Waals surface area contributed by atoms with Gasteiger partial charge in [0.25, 0.3) is 5.91 Å². The summed E-state index contributed by atoms with van der Waals surface area (Å²) >= 11 is 0. The van der Waals surface area contributed by atoms with Crippen molar-refractivity contribution in [3.8, 4) is 17.4 Å². The summed E-state index contributed by atoms with van der Waals surface area (Å²) in [4.78, 5) is 16.8. The molecule has 1 heterocycles. The van der Waals surface area contributed by atoms with Crippen LogP contribution in [0, 0.1) is 23.2 Å². The van der Waals surface area contributed by atoms with Crippen LogP contribution in [-0.2, 0) is 0 Å². The van der Waals surface area contributed by atoms with E-state index >= 15 is 0 Å². The van der Waals surface area contributed by atoms with E-state index in [1.165, 1.54) is 12.3 Å². The summed E-state index contributed by atoms with van der Waals surface area (Å²) in [5.74, 6) is 2.82. The molecule has 7 aliphatic carbocycles. The molecule has 7 fully saturated rings. The number of carbonyl (C=O) groups excluding carboxylic acids is 1. The van der Waals surface area contributed by atoms with Gasteiger partial charge >= 0.3 is 0 Å². The van der Waals surface area contributed by atoms with E-state index in [4.69, 9.17) is 4.74 Å². The zero-order valence-electron chi connectivity index (χ0n) is 15.3. The van der Waals surface area contributed by atoms with E-state index in [-0.39, 0.29) is 23.1 Å². The van der Waals surface area contributed by atoms with Crippen LogP contribution in [0.5, 0.6) is 17.4 Å². The minimum Gasteiger partial charge on any atom is -0.506 e. The van der Waals surface area contributed by atoms with E-state index in [0.717, 1.165) is 31.6 Å². The summed E-state index contributed by atoms with van der Waals surface area (Å²) in [6.45, 7) is 0. The van der Waals surface area contributed by atoms with Gasteiger partial charge in [0.15, 0.2) is 0 Å². The lowest BCUT2D eigenvalue weighted by atomic mass is 9.25. The minimum absolute atomic E-state index is 0.0587. The Morgan fingerprint density at radius 1 is 1.14 bits per heavy atom. The van der Waals surface area contributed by atoms with Crippen molar-refractivity contribution in [2.45, 2.75) is 37.3 Å². The molecule has 6 atom stereocenters. The summed E-state index contributed by atoms with van der Waals surface area (Å²) < 4.78 is 5.63. The van der Waals surface area contributed by atoms with Gasteiger partial charge in [0.2, 0.25) is 5.88 Å². The number of nitrogens with one attached hydrogen (secondary N) is 1. The molecule has 7 saturated carbocycles. The lowest BCUT2D eigenvalue weighted by Crippen LogP contribution is -2.84. The molecule has 1 spiro atoms. The lowest BCUT2D eigenvalue weighted by Gasteiger charge is -2.82. The van der Waals surface area contributed by atoms with Crippen LogP contribution < -0.4 is 10.1 Å². The fourth-order valence-electron chi connectivity index (χ4n) is 6.90. The van der Waals surface area contributed by atoms with Gasteiger partial charge in [-0.15, -0.1) is 0 Å². The van der Waals surface area contributed by atoms with Crippen LogP contribution in [0.15, 0.2) is 42.6 Å². The first kappa shape index (κ1) is 16.4. The van der Waals surface area contributed by atoms with Gasteiger partial charge in [-0.05, 0) is 79.2 Å². The van der Waals surface area contributed by atoms with Gasteiger partial charge in [-0.3, -0.25) is 4.79 Å². The molecule has 0 aliphatic heterocycles. The standard InChI is InChI=1S/C22H22N2O4/c25-14-3-6-17(23-10-14)28-15-4-1-12(2-5-15)20(26)24-19-16-9-21(27)7-13-8-22(19,11-21)18(13)16/h1-6,10,13,16,18-19,25,27H,7-9,11H2,(H,24,26). The molecule has 7 aliphatic rings. The van der Waals surface area contributed by atoms with E-state index in [1.54, 1.807) is 30.3 Å². The fourth-order valence-corrected chi connectivity index (χ4v) is 6.90. The second kappa shape index (κ2) is 5.26. The van der Waals surface area contributed by atoms with Crippen molar-refractivity contribution < 1.29 is 19.7 Å². The quantitative estimate of drug-likeness (QED) is 0.761. The number of nitrogens with zero attached hydrogens (tertiary/aromatic N) is 1. The zero-order chi connectivity index (χ0) is 19.1. The van der Waals surface area contributed by atoms with Crippen molar-refractivity contribution in [2.75, 3.05) is 0 Å². The van der Waals surface area contributed by atoms with Crippen molar-refractivity contribution >= 4 is 5.91 Å². The lowest BCUT2D eigenvalue weighted by molar-refractivity contribution is -0.341. The van der Waals surface area contributed by atoms with Gasteiger partial charge in [0, 0.05) is 17.7 Å². The van der Waals surface area contributed by atoms with Gasteiger partial charge in [-0.2, -0.15) is 0 Å². The first-order chi connectivity index (χ1) is 13.5. The van der Waals surface area contributed by atoms with Crippen LogP contribution in [-0.4, -0.2) is 32.7 Å². The molecule has 28 heavy (non-hydrogen) atoms. The van der Waals surface area contributed by atoms with Crippen molar-refractivity contribution in [1.29, 1.82) is 0 Å². The number of aliphatic hydroxyl groups is 1. The summed E-state index contributed by atoms with van der Waals surface area (Å²) in [7, 11) is 0. The highest BCUT2D eigenvalue weighted by atomic mass is 16.5. The average Bonchev–Trinajstić information content (AvgIpc) is 2.66. The molecule has 1 aromatic carbocycles. The first-order valence-corrected chi connectivity index (χ1v) is 9.92. The van der Waals surface area contributed by atoms with E-state index in [9.17, 15) is 15.0 Å². The highest BCUT2D eigenvalue weighted by Gasteiger charge is 2.80. The summed E-state index contributed by atoms with van der Waals surface area (Å²) in [6, 6.07) is 10.3. The molecule has 9 rings (SSSR count). The number of amides is 1. The minimum atomic E-state index is -0.467. The SMILES string of the molecule is O=C(NC1C2CC3(O)CC4CC1(C3)C42)c1ccc(Oc2ccc(O)cn2)cc1. The maximum Gasteiger partial charge on any atom is 0.251 e. The van der Waals surface area contributed by atoms with Crippen LogP contribution in [0.1, 0.15) is 36.0 Å². The number of hydrogen-bond acceptors (Lipinski definition) is 5. The number of ether oxygens (including phenoxy) is 1. The molecule has 3 N–H and O–H groups in total. The topological polar surface area (TPSA) is 91.7 Å². The van der Waals surface area contributed by atoms with Gasteiger partial charge in [-0.25, -0.2) is 4.98 Å². The Hall–Kier alpha value is -2.60. The van der Waals surface area contributed by atoms with Gasteiger partial charge < -0.3 is 20.3 Å². The highest BCUT2D eigenvalue weighted by molar-refractivity contribution is 5.94. The maximum atomic E-state index is 12.8. The number of carbonyl (C=O) groups is 1. The van der Waals surface area contributed by atoms with Crippen LogP contribution >= 0.6 is 0 Å². The Bertz CT molecular complexity index is 960. The predicted molar refractivity (Wildman–Crippen MR) is 100.0 cm³/mol. The fraction of sp³-hybridized carbons (Fsp3) is 0.455. The largest absolute Gasteiger partial charge is 0.506 e. The predicted octanol–water partition coefficient (Wildman–Crippen LogP) is 2.86. The smallest absolute Gasteiger partial charge is 0.251 e. The molecular weight excluding hydrogens is 356 g/mol. The third-order valence-corrected chi connectivity index (χ3v) is 7.59. The van der Waals surface area contributed by atoms with Crippen LogP contribution in [0.2, 0.25) is 0 Å². The average molecular weight is 378 g/mol. The third kappa shape index (κ3) is 2.12. The van der Waals surface area contributed by atoms with Crippen molar-refractivity contribution in [1.82, 2.24) is 10.3 Å². The van der Waals surface area contributed by atoms with Crippen LogP contribution in [0.4, 0.5) is 0 Å². The monoisotopic (exact) mass is 378 g/mol. The highest BCUT2D eigenvalue weighted by Crippen LogP contribution is 2.80. The number of benzene rings is 1. The Labute approximate surface area is 162 Å². The second-order valence-corrected chi connectivity index (χ2v) is 9.13. The van der Waals surface area contributed by atoms with E-state index in [1.807, 2.05) is 0 Å². The number of hydrogen-bond donors (Lipinski definition) is 3. The Kier molecular flexibility index (Phi) is 3.07. The van der Waals surface area contributed by atoms with Gasteiger partial charge in [0.1, 0.15) is 11.5 Å². The molecule has 6 unspecified atom stereocenters. The third-order valence-electron chi connectivity index (χ3n) is 7.59. The molecule has 144 valence electrons. The van der Waals surface area contributed by atoms with E-state index < -0.39 is 5.60 Å². The van der Waals surface area contributed by atoms with Gasteiger partial charge in [-0.1, -0.05) is 0 Å². The van der Waals surface area contributed by atoms with Crippen molar-refractivity contribution in [3.05, 3.63) is 48.2 Å². The molecular formula is C22H22N2O4. The molecule has 2 aromatic rings. The van der Waals surface area contributed by atoms with Crippen LogP contribution in [0.25, 0.3) is 0 Å². The first-order valence-electron chi connectivity index (χ1n) is 9.92. The molecule has 0 saturated heterocycles. The Morgan fingerprint density at radius 3 is 2.64 bits per heavy atom. The zero-order valence-corrected chi connectivity index (χ0v) is 15.3. The Balaban J connectivity index is 1.13. The van der Waals surface area contributed by atoms with E-state index in [0.29, 0.717) is 29.0 Å². The molecule has 5 bridgehead atoms. The summed E-state index contributed by atoms with van der Waals surface area (Å²) in [5.41, 5.74) is 0.293. The maximum absolute atomic E-state index is 12.8. The second-order valence-electron chi connectivity index (χ2n) is 9.13. The molecule has 1 amide bonds. The number of aromatic hydroxyl groups is 1. The Morgan fingerprint density at radius 2 is 1.96 bits per heavy atom. The normalized spacial score (nSPS) is 38.9. The number of rotatable bonds is 4. The molecule has 0 radical (unpaired) electrons. The molecule has 6 heteroatoms.